The average molecular weight is 280 g/mol. The summed E-state index contributed by atoms with van der Waals surface area (Å²) in [5.41, 5.74) is 8.52. The smallest absolute Gasteiger partial charge is 0.131 e. The molecule has 0 atom stereocenters. The molecule has 0 radical (unpaired) electrons. The standard InChI is InChI=1S/C13H11BrFN/c1-8-6-12(15)11(7-13(8)16)9-2-4-10(14)5-3-9/h2-7H,16H2,1H3. The van der Waals surface area contributed by atoms with E-state index in [2.05, 4.69) is 15.9 Å². The maximum absolute atomic E-state index is 13.7. The molecule has 0 spiro atoms. The van der Waals surface area contributed by atoms with Crippen LogP contribution in [-0.2, 0) is 0 Å². The van der Waals surface area contributed by atoms with E-state index in [0.29, 0.717) is 11.3 Å². The second kappa shape index (κ2) is 4.26. The predicted molar refractivity (Wildman–Crippen MR) is 68.7 cm³/mol. The Labute approximate surface area is 102 Å². The van der Waals surface area contributed by atoms with Gasteiger partial charge in [-0.2, -0.15) is 0 Å². The van der Waals surface area contributed by atoms with Crippen LogP contribution in [0.25, 0.3) is 11.1 Å². The molecule has 0 aliphatic rings. The van der Waals surface area contributed by atoms with Crippen molar-refractivity contribution in [2.24, 2.45) is 0 Å². The number of anilines is 1. The summed E-state index contributed by atoms with van der Waals surface area (Å²) < 4.78 is 14.7. The number of hydrogen-bond acceptors (Lipinski definition) is 1. The fourth-order valence-electron chi connectivity index (χ4n) is 1.54. The number of benzene rings is 2. The molecule has 2 aromatic rings. The van der Waals surface area contributed by atoms with Crippen molar-refractivity contribution < 1.29 is 4.39 Å². The molecule has 2 N–H and O–H groups in total. The van der Waals surface area contributed by atoms with Crippen molar-refractivity contribution in [1.29, 1.82) is 0 Å². The zero-order valence-corrected chi connectivity index (χ0v) is 10.4. The van der Waals surface area contributed by atoms with Crippen LogP contribution < -0.4 is 5.73 Å². The Balaban J connectivity index is 2.56. The Kier molecular flexibility index (Phi) is 2.97. The van der Waals surface area contributed by atoms with Crippen molar-refractivity contribution in [3.05, 3.63) is 52.3 Å². The molecule has 0 saturated heterocycles. The van der Waals surface area contributed by atoms with Crippen LogP contribution in [0, 0.1) is 12.7 Å². The quantitative estimate of drug-likeness (QED) is 0.780. The molecule has 1 nitrogen and oxygen atoms in total. The predicted octanol–water partition coefficient (Wildman–Crippen LogP) is 4.15. The molecule has 3 heteroatoms. The summed E-state index contributed by atoms with van der Waals surface area (Å²) in [6.07, 6.45) is 0. The first kappa shape index (κ1) is 11.1. The fraction of sp³-hybridized carbons (Fsp3) is 0.0769. The second-order valence-electron chi connectivity index (χ2n) is 3.70. The minimum atomic E-state index is -0.242. The van der Waals surface area contributed by atoms with Crippen molar-refractivity contribution >= 4 is 21.6 Å². The Morgan fingerprint density at radius 3 is 2.38 bits per heavy atom. The van der Waals surface area contributed by atoms with E-state index in [-0.39, 0.29) is 5.82 Å². The van der Waals surface area contributed by atoms with Gasteiger partial charge >= 0.3 is 0 Å². The third-order valence-electron chi connectivity index (χ3n) is 2.51. The van der Waals surface area contributed by atoms with Crippen LogP contribution >= 0.6 is 15.9 Å². The highest BCUT2D eigenvalue weighted by molar-refractivity contribution is 9.10. The van der Waals surface area contributed by atoms with Gasteiger partial charge in [0.25, 0.3) is 0 Å². The molecule has 0 saturated carbocycles. The van der Waals surface area contributed by atoms with E-state index in [9.17, 15) is 4.39 Å². The number of halogens is 2. The molecule has 0 bridgehead atoms. The molecule has 0 fully saturated rings. The van der Waals surface area contributed by atoms with Gasteiger partial charge in [-0.3, -0.25) is 0 Å². The largest absolute Gasteiger partial charge is 0.398 e. The summed E-state index contributed by atoms with van der Waals surface area (Å²) in [4.78, 5) is 0. The first-order chi connectivity index (χ1) is 7.58. The zero-order chi connectivity index (χ0) is 11.7. The lowest BCUT2D eigenvalue weighted by molar-refractivity contribution is 0.630. The second-order valence-corrected chi connectivity index (χ2v) is 4.61. The highest BCUT2D eigenvalue weighted by Crippen LogP contribution is 2.28. The fourth-order valence-corrected chi connectivity index (χ4v) is 1.80. The third-order valence-corrected chi connectivity index (χ3v) is 3.04. The Morgan fingerprint density at radius 1 is 1.12 bits per heavy atom. The van der Waals surface area contributed by atoms with Crippen molar-refractivity contribution in [3.63, 3.8) is 0 Å². The molecule has 0 amide bonds. The summed E-state index contributed by atoms with van der Waals surface area (Å²) >= 11 is 3.34. The lowest BCUT2D eigenvalue weighted by Crippen LogP contribution is -1.93. The molecular formula is C13H11BrFN. The molecule has 2 aromatic carbocycles. The summed E-state index contributed by atoms with van der Waals surface area (Å²) in [6, 6.07) is 10.6. The monoisotopic (exact) mass is 279 g/mol. The highest BCUT2D eigenvalue weighted by Gasteiger charge is 2.07. The molecule has 0 aliphatic heterocycles. The van der Waals surface area contributed by atoms with Gasteiger partial charge in [-0.05, 0) is 42.3 Å². The normalized spacial score (nSPS) is 10.4. The van der Waals surface area contributed by atoms with Crippen molar-refractivity contribution in [2.45, 2.75) is 6.92 Å². The molecule has 0 aliphatic carbocycles. The Hall–Kier alpha value is -1.35. The van der Waals surface area contributed by atoms with Crippen LogP contribution in [0.15, 0.2) is 40.9 Å². The molecule has 0 unspecified atom stereocenters. The van der Waals surface area contributed by atoms with E-state index >= 15 is 0 Å². The minimum absolute atomic E-state index is 0.242. The van der Waals surface area contributed by atoms with Gasteiger partial charge in [0.2, 0.25) is 0 Å². The summed E-state index contributed by atoms with van der Waals surface area (Å²) in [7, 11) is 0. The van der Waals surface area contributed by atoms with E-state index < -0.39 is 0 Å². The molecule has 0 heterocycles. The third kappa shape index (κ3) is 2.09. The number of nitrogens with two attached hydrogens (primary N) is 1. The van der Waals surface area contributed by atoms with Crippen molar-refractivity contribution in [3.8, 4) is 11.1 Å². The number of hydrogen-bond donors (Lipinski definition) is 1. The first-order valence-electron chi connectivity index (χ1n) is 4.89. The van der Waals surface area contributed by atoms with Gasteiger partial charge in [-0.15, -0.1) is 0 Å². The van der Waals surface area contributed by atoms with Crippen LogP contribution in [0.5, 0.6) is 0 Å². The van der Waals surface area contributed by atoms with Gasteiger partial charge in [0.1, 0.15) is 5.82 Å². The molecule has 2 rings (SSSR count). The topological polar surface area (TPSA) is 26.0 Å². The number of nitrogen functional groups attached to an aromatic ring is 1. The molecule has 0 aromatic heterocycles. The van der Waals surface area contributed by atoms with E-state index in [1.807, 2.05) is 24.3 Å². The van der Waals surface area contributed by atoms with Crippen LogP contribution in [0.1, 0.15) is 5.56 Å². The lowest BCUT2D eigenvalue weighted by atomic mass is 10.0. The van der Waals surface area contributed by atoms with Crippen molar-refractivity contribution in [2.75, 3.05) is 5.73 Å². The zero-order valence-electron chi connectivity index (χ0n) is 8.80. The van der Waals surface area contributed by atoms with Gasteiger partial charge in [-0.1, -0.05) is 28.1 Å². The Morgan fingerprint density at radius 2 is 1.75 bits per heavy atom. The highest BCUT2D eigenvalue weighted by atomic mass is 79.9. The van der Waals surface area contributed by atoms with Crippen LogP contribution in [0.3, 0.4) is 0 Å². The molecule has 82 valence electrons. The minimum Gasteiger partial charge on any atom is -0.398 e. The van der Waals surface area contributed by atoms with Gasteiger partial charge in [0, 0.05) is 15.7 Å². The van der Waals surface area contributed by atoms with Crippen LogP contribution in [0.2, 0.25) is 0 Å². The molecule has 16 heavy (non-hydrogen) atoms. The van der Waals surface area contributed by atoms with Gasteiger partial charge in [0.15, 0.2) is 0 Å². The van der Waals surface area contributed by atoms with Crippen LogP contribution in [0.4, 0.5) is 10.1 Å². The SMILES string of the molecule is Cc1cc(F)c(-c2ccc(Br)cc2)cc1N. The van der Waals surface area contributed by atoms with E-state index in [4.69, 9.17) is 5.73 Å². The Bertz CT molecular complexity index is 520. The van der Waals surface area contributed by atoms with Gasteiger partial charge in [0.05, 0.1) is 0 Å². The van der Waals surface area contributed by atoms with E-state index in [1.165, 1.54) is 6.07 Å². The summed E-state index contributed by atoms with van der Waals surface area (Å²) in [6.45, 7) is 1.80. The van der Waals surface area contributed by atoms with Gasteiger partial charge < -0.3 is 5.73 Å². The average Bonchev–Trinajstić information content (AvgIpc) is 2.25. The van der Waals surface area contributed by atoms with E-state index in [0.717, 1.165) is 15.6 Å². The lowest BCUT2D eigenvalue weighted by Gasteiger charge is -2.07. The van der Waals surface area contributed by atoms with Crippen molar-refractivity contribution in [1.82, 2.24) is 0 Å². The van der Waals surface area contributed by atoms with E-state index in [1.54, 1.807) is 13.0 Å². The summed E-state index contributed by atoms with van der Waals surface area (Å²) in [5.74, 6) is -0.242. The molecular weight excluding hydrogens is 269 g/mol. The van der Waals surface area contributed by atoms with Gasteiger partial charge in [-0.25, -0.2) is 4.39 Å². The maximum Gasteiger partial charge on any atom is 0.131 e. The van der Waals surface area contributed by atoms with Crippen LogP contribution in [-0.4, -0.2) is 0 Å². The maximum atomic E-state index is 13.7. The summed E-state index contributed by atoms with van der Waals surface area (Å²) in [5, 5.41) is 0. The first-order valence-corrected chi connectivity index (χ1v) is 5.69. The number of aryl methyl sites for hydroxylation is 1. The number of rotatable bonds is 1.